The van der Waals surface area contributed by atoms with Gasteiger partial charge in [0.2, 0.25) is 0 Å². The zero-order valence-corrected chi connectivity index (χ0v) is 19.3. The summed E-state index contributed by atoms with van der Waals surface area (Å²) in [6, 6.07) is 13.2. The number of methoxy groups -OCH3 is 1. The van der Waals surface area contributed by atoms with Crippen molar-refractivity contribution in [1.29, 1.82) is 0 Å². The SMILES string of the molecule is CCNC(=NCC(O)c1ccc(F)cc1)N(C)CCOc1ccc(OC)cc1.I. The van der Waals surface area contributed by atoms with E-state index in [9.17, 15) is 9.50 Å². The molecular weight excluding hydrogens is 488 g/mol. The number of hydrogen-bond acceptors (Lipinski definition) is 4. The van der Waals surface area contributed by atoms with Gasteiger partial charge >= 0.3 is 0 Å². The Kier molecular flexibility index (Phi) is 11.4. The maximum atomic E-state index is 13.0. The summed E-state index contributed by atoms with van der Waals surface area (Å²) in [6.45, 7) is 3.96. The largest absolute Gasteiger partial charge is 0.497 e. The van der Waals surface area contributed by atoms with Gasteiger partial charge in [-0.25, -0.2) is 4.39 Å². The molecule has 0 heterocycles. The monoisotopic (exact) mass is 517 g/mol. The van der Waals surface area contributed by atoms with Crippen molar-refractivity contribution in [3.05, 3.63) is 59.9 Å². The van der Waals surface area contributed by atoms with E-state index >= 15 is 0 Å². The van der Waals surface area contributed by atoms with Crippen LogP contribution in [0.4, 0.5) is 4.39 Å². The maximum Gasteiger partial charge on any atom is 0.193 e. The first kappa shape index (κ1) is 25.0. The lowest BCUT2D eigenvalue weighted by atomic mass is 10.1. The number of nitrogens with one attached hydrogen (secondary N) is 1. The highest BCUT2D eigenvalue weighted by Crippen LogP contribution is 2.17. The van der Waals surface area contributed by atoms with Crippen molar-refractivity contribution in [2.45, 2.75) is 13.0 Å². The molecule has 0 aliphatic heterocycles. The number of ether oxygens (including phenoxy) is 2. The minimum Gasteiger partial charge on any atom is -0.497 e. The van der Waals surface area contributed by atoms with Crippen molar-refractivity contribution in [3.8, 4) is 11.5 Å². The zero-order valence-electron chi connectivity index (χ0n) is 17.0. The van der Waals surface area contributed by atoms with Crippen LogP contribution in [0, 0.1) is 5.82 Å². The van der Waals surface area contributed by atoms with Gasteiger partial charge in [-0.3, -0.25) is 4.99 Å². The topological polar surface area (TPSA) is 66.3 Å². The number of likely N-dealkylation sites (N-methyl/N-ethyl adjacent to an activating group) is 1. The molecule has 160 valence electrons. The molecule has 1 atom stereocenters. The molecule has 29 heavy (non-hydrogen) atoms. The Balaban J connectivity index is 0.00000420. The minimum atomic E-state index is -0.793. The van der Waals surface area contributed by atoms with E-state index < -0.39 is 6.10 Å². The van der Waals surface area contributed by atoms with Gasteiger partial charge in [0.25, 0.3) is 0 Å². The summed E-state index contributed by atoms with van der Waals surface area (Å²) < 4.78 is 23.9. The Morgan fingerprint density at radius 1 is 1.14 bits per heavy atom. The Morgan fingerprint density at radius 3 is 2.34 bits per heavy atom. The van der Waals surface area contributed by atoms with Crippen LogP contribution in [0.2, 0.25) is 0 Å². The summed E-state index contributed by atoms with van der Waals surface area (Å²) in [5, 5.41) is 13.5. The average molecular weight is 517 g/mol. The van der Waals surface area contributed by atoms with Crippen LogP contribution in [0.1, 0.15) is 18.6 Å². The van der Waals surface area contributed by atoms with Crippen molar-refractivity contribution in [1.82, 2.24) is 10.2 Å². The van der Waals surface area contributed by atoms with Crippen LogP contribution in [-0.2, 0) is 0 Å². The van der Waals surface area contributed by atoms with E-state index in [1.807, 2.05) is 43.1 Å². The van der Waals surface area contributed by atoms with Gasteiger partial charge in [-0.15, -0.1) is 24.0 Å². The lowest BCUT2D eigenvalue weighted by Gasteiger charge is -2.22. The third-order valence-electron chi connectivity index (χ3n) is 4.12. The molecule has 2 rings (SSSR count). The van der Waals surface area contributed by atoms with Crippen molar-refractivity contribution >= 4 is 29.9 Å². The second kappa shape index (κ2) is 13.2. The molecule has 0 amide bonds. The molecule has 0 radical (unpaired) electrons. The van der Waals surface area contributed by atoms with E-state index in [4.69, 9.17) is 9.47 Å². The van der Waals surface area contributed by atoms with Gasteiger partial charge in [0.15, 0.2) is 5.96 Å². The lowest BCUT2D eigenvalue weighted by Crippen LogP contribution is -2.41. The fraction of sp³-hybridized carbons (Fsp3) is 0.381. The van der Waals surface area contributed by atoms with Crippen LogP contribution < -0.4 is 14.8 Å². The first-order valence-corrected chi connectivity index (χ1v) is 9.23. The lowest BCUT2D eigenvalue weighted by molar-refractivity contribution is 0.186. The molecule has 0 fully saturated rings. The fourth-order valence-corrected chi connectivity index (χ4v) is 2.51. The second-order valence-corrected chi connectivity index (χ2v) is 6.21. The van der Waals surface area contributed by atoms with Crippen LogP contribution in [0.5, 0.6) is 11.5 Å². The highest BCUT2D eigenvalue weighted by Gasteiger charge is 2.10. The molecule has 0 saturated heterocycles. The van der Waals surface area contributed by atoms with Crippen molar-refractivity contribution < 1.29 is 19.0 Å². The third kappa shape index (κ3) is 8.45. The summed E-state index contributed by atoms with van der Waals surface area (Å²) in [6.07, 6.45) is -0.793. The number of guanidine groups is 1. The molecule has 0 saturated carbocycles. The van der Waals surface area contributed by atoms with E-state index in [0.29, 0.717) is 31.2 Å². The average Bonchev–Trinajstić information content (AvgIpc) is 2.71. The van der Waals surface area contributed by atoms with Gasteiger partial charge in [-0.2, -0.15) is 0 Å². The smallest absolute Gasteiger partial charge is 0.193 e. The Morgan fingerprint density at radius 2 is 1.76 bits per heavy atom. The number of aliphatic hydroxyl groups is 1. The Labute approximate surface area is 188 Å². The Bertz CT molecular complexity index is 742. The van der Waals surface area contributed by atoms with Crippen molar-refractivity contribution in [2.24, 2.45) is 4.99 Å². The van der Waals surface area contributed by atoms with E-state index in [1.165, 1.54) is 12.1 Å². The Hall–Kier alpha value is -2.07. The van der Waals surface area contributed by atoms with E-state index in [1.54, 1.807) is 19.2 Å². The number of nitrogens with zero attached hydrogens (tertiary/aromatic N) is 2. The van der Waals surface area contributed by atoms with Crippen LogP contribution in [0.3, 0.4) is 0 Å². The molecule has 8 heteroatoms. The van der Waals surface area contributed by atoms with Crippen LogP contribution >= 0.6 is 24.0 Å². The maximum absolute atomic E-state index is 13.0. The minimum absolute atomic E-state index is 0. The summed E-state index contributed by atoms with van der Waals surface area (Å²) >= 11 is 0. The molecule has 0 aromatic heterocycles. The number of aliphatic hydroxyl groups excluding tert-OH is 1. The van der Waals surface area contributed by atoms with Gasteiger partial charge in [0.05, 0.1) is 26.3 Å². The summed E-state index contributed by atoms with van der Waals surface area (Å²) in [5.74, 6) is 1.89. The van der Waals surface area contributed by atoms with Crippen LogP contribution in [0.15, 0.2) is 53.5 Å². The van der Waals surface area contributed by atoms with Crippen LogP contribution in [-0.4, -0.2) is 56.4 Å². The first-order chi connectivity index (χ1) is 13.5. The predicted octanol–water partition coefficient (Wildman–Crippen LogP) is 3.46. The highest BCUT2D eigenvalue weighted by atomic mass is 127. The van der Waals surface area contributed by atoms with E-state index in [0.717, 1.165) is 11.5 Å². The van der Waals surface area contributed by atoms with Gasteiger partial charge in [0, 0.05) is 13.6 Å². The number of aliphatic imine (C=N–C) groups is 1. The molecule has 1 unspecified atom stereocenters. The van der Waals surface area contributed by atoms with Gasteiger partial charge in [-0.05, 0) is 48.9 Å². The van der Waals surface area contributed by atoms with Gasteiger partial charge in [-0.1, -0.05) is 12.1 Å². The second-order valence-electron chi connectivity index (χ2n) is 6.21. The van der Waals surface area contributed by atoms with Gasteiger partial charge in [0.1, 0.15) is 23.9 Å². The quantitative estimate of drug-likeness (QED) is 0.303. The molecule has 2 aromatic rings. The molecule has 0 spiro atoms. The fourth-order valence-electron chi connectivity index (χ4n) is 2.51. The van der Waals surface area contributed by atoms with E-state index in [2.05, 4.69) is 10.3 Å². The highest BCUT2D eigenvalue weighted by molar-refractivity contribution is 14.0. The molecule has 2 N–H and O–H groups in total. The summed E-state index contributed by atoms with van der Waals surface area (Å²) in [4.78, 5) is 6.41. The van der Waals surface area contributed by atoms with Gasteiger partial charge < -0.3 is 24.8 Å². The van der Waals surface area contributed by atoms with E-state index in [-0.39, 0.29) is 36.3 Å². The molecule has 0 aliphatic carbocycles. The molecule has 2 aromatic carbocycles. The standard InChI is InChI=1S/C21H28FN3O3.HI/c1-4-23-21(24-15-20(26)16-5-7-17(22)8-6-16)25(2)13-14-28-19-11-9-18(27-3)10-12-19;/h5-12,20,26H,4,13-15H2,1-3H3,(H,23,24);1H. The number of rotatable bonds is 9. The number of halogens is 2. The molecule has 0 aliphatic rings. The third-order valence-corrected chi connectivity index (χ3v) is 4.12. The number of benzene rings is 2. The molecular formula is C21H29FIN3O3. The molecule has 0 bridgehead atoms. The van der Waals surface area contributed by atoms with Crippen molar-refractivity contribution in [3.63, 3.8) is 0 Å². The predicted molar refractivity (Wildman–Crippen MR) is 124 cm³/mol. The number of hydrogen-bond donors (Lipinski definition) is 2. The zero-order chi connectivity index (χ0) is 20.4. The summed E-state index contributed by atoms with van der Waals surface area (Å²) in [7, 11) is 3.53. The van der Waals surface area contributed by atoms with Crippen molar-refractivity contribution in [2.75, 3.05) is 40.4 Å². The van der Waals surface area contributed by atoms with Crippen LogP contribution in [0.25, 0.3) is 0 Å². The summed E-state index contributed by atoms with van der Waals surface area (Å²) in [5.41, 5.74) is 0.631. The molecule has 6 nitrogen and oxygen atoms in total. The first-order valence-electron chi connectivity index (χ1n) is 9.23. The normalized spacial score (nSPS) is 12.0.